The Labute approximate surface area is 142 Å². The summed E-state index contributed by atoms with van der Waals surface area (Å²) in [6.07, 6.45) is 1.77. The van der Waals surface area contributed by atoms with Crippen LogP contribution >= 0.6 is 11.3 Å². The van der Waals surface area contributed by atoms with E-state index < -0.39 is 20.5 Å². The molecular weight excluding hydrogens is 356 g/mol. The van der Waals surface area contributed by atoms with Crippen LogP contribution in [-0.4, -0.2) is 31.5 Å². The lowest BCUT2D eigenvalue weighted by Gasteiger charge is -2.24. The van der Waals surface area contributed by atoms with Crippen molar-refractivity contribution < 1.29 is 22.0 Å². The molecule has 1 aliphatic rings. The number of nitrogens with zero attached hydrogens (tertiary/aromatic N) is 1. The highest BCUT2D eigenvalue weighted by Gasteiger charge is 2.32. The molecule has 128 valence electrons. The molecule has 1 fully saturated rings. The number of benzene rings is 1. The van der Waals surface area contributed by atoms with E-state index in [0.717, 1.165) is 29.9 Å². The molecule has 1 aromatic heterocycles. The smallest absolute Gasteiger partial charge is 0.331 e. The second kappa shape index (κ2) is 6.60. The Balaban J connectivity index is 1.83. The average molecular weight is 371 g/mol. The molecule has 0 bridgehead atoms. The highest BCUT2D eigenvalue weighted by atomic mass is 32.2. The van der Waals surface area contributed by atoms with Gasteiger partial charge in [0, 0.05) is 17.0 Å². The largest absolute Gasteiger partial charge is 0.341 e. The normalized spacial score (nSPS) is 18.3. The quantitative estimate of drug-likeness (QED) is 0.823. The van der Waals surface area contributed by atoms with Gasteiger partial charge in [0.25, 0.3) is 5.91 Å². The average Bonchev–Trinajstić information content (AvgIpc) is 3.24. The van der Waals surface area contributed by atoms with Crippen molar-refractivity contribution in [2.75, 3.05) is 6.54 Å². The Morgan fingerprint density at radius 3 is 2.50 bits per heavy atom. The zero-order valence-electron chi connectivity index (χ0n) is 12.6. The fourth-order valence-corrected chi connectivity index (χ4v) is 4.44. The molecule has 0 aliphatic carbocycles. The zero-order chi connectivity index (χ0) is 17.3. The molecular formula is C16H15F2NO3S2. The fourth-order valence-electron chi connectivity index (χ4n) is 2.84. The number of carbonyl (C=O) groups excluding carboxylic acids is 1. The van der Waals surface area contributed by atoms with E-state index in [4.69, 9.17) is 0 Å². The molecule has 4 nitrogen and oxygen atoms in total. The number of rotatable bonds is 4. The van der Waals surface area contributed by atoms with E-state index in [1.165, 1.54) is 12.1 Å². The van der Waals surface area contributed by atoms with Gasteiger partial charge < -0.3 is 4.90 Å². The van der Waals surface area contributed by atoms with Crippen molar-refractivity contribution in [3.63, 3.8) is 0 Å². The lowest BCUT2D eigenvalue weighted by Crippen LogP contribution is -2.30. The van der Waals surface area contributed by atoms with Crippen molar-refractivity contribution >= 4 is 27.1 Å². The molecule has 0 spiro atoms. The van der Waals surface area contributed by atoms with Crippen molar-refractivity contribution in [3.8, 4) is 0 Å². The van der Waals surface area contributed by atoms with E-state index in [1.54, 1.807) is 16.2 Å². The van der Waals surface area contributed by atoms with Crippen molar-refractivity contribution in [3.05, 3.63) is 52.2 Å². The molecule has 3 rings (SSSR count). The van der Waals surface area contributed by atoms with Crippen molar-refractivity contribution in [2.45, 2.75) is 29.5 Å². The number of amides is 1. The number of likely N-dealkylation sites (tertiary alicyclic amines) is 1. The van der Waals surface area contributed by atoms with E-state index >= 15 is 0 Å². The number of hydrogen-bond acceptors (Lipinski definition) is 4. The van der Waals surface area contributed by atoms with E-state index in [-0.39, 0.29) is 11.9 Å². The summed E-state index contributed by atoms with van der Waals surface area (Å²) < 4.78 is 48.0. The molecule has 1 amide bonds. The predicted octanol–water partition coefficient (Wildman–Crippen LogP) is 3.72. The Kier molecular flexibility index (Phi) is 4.69. The van der Waals surface area contributed by atoms with Crippen molar-refractivity contribution in [2.24, 2.45) is 0 Å². The second-order valence-electron chi connectivity index (χ2n) is 5.50. The Hall–Kier alpha value is -1.80. The van der Waals surface area contributed by atoms with Gasteiger partial charge in [-0.1, -0.05) is 6.07 Å². The molecule has 2 heterocycles. The minimum absolute atomic E-state index is 0.0157. The fraction of sp³-hybridized carbons (Fsp3) is 0.312. The van der Waals surface area contributed by atoms with Crippen LogP contribution in [-0.2, 0) is 9.84 Å². The first-order valence-corrected chi connectivity index (χ1v) is 9.80. The highest BCUT2D eigenvalue weighted by molar-refractivity contribution is 7.91. The summed E-state index contributed by atoms with van der Waals surface area (Å²) >= 11 is 1.59. The third-order valence-electron chi connectivity index (χ3n) is 4.05. The van der Waals surface area contributed by atoms with Crippen LogP contribution in [0.15, 0.2) is 46.7 Å². The van der Waals surface area contributed by atoms with Gasteiger partial charge in [-0.15, -0.1) is 11.3 Å². The number of halogens is 2. The van der Waals surface area contributed by atoms with Gasteiger partial charge in [-0.2, -0.15) is 8.78 Å². The molecule has 8 heteroatoms. The van der Waals surface area contributed by atoms with Crippen molar-refractivity contribution in [1.82, 2.24) is 4.90 Å². The van der Waals surface area contributed by atoms with E-state index in [1.807, 2.05) is 17.5 Å². The molecule has 2 aromatic rings. The van der Waals surface area contributed by atoms with Gasteiger partial charge in [0.1, 0.15) is 0 Å². The summed E-state index contributed by atoms with van der Waals surface area (Å²) in [5, 5.41) is 1.96. The third kappa shape index (κ3) is 3.08. The lowest BCUT2D eigenvalue weighted by molar-refractivity contribution is 0.0738. The summed E-state index contributed by atoms with van der Waals surface area (Å²) in [5.74, 6) is -3.69. The van der Waals surface area contributed by atoms with Gasteiger partial charge in [0.05, 0.1) is 10.9 Å². The Morgan fingerprint density at radius 2 is 1.92 bits per heavy atom. The Bertz CT molecular complexity index is 818. The SMILES string of the molecule is O=C(c1ccc(S(=O)(=O)C(F)F)cc1)N1CCC[C@@H]1c1cccs1. The van der Waals surface area contributed by atoms with Gasteiger partial charge in [-0.25, -0.2) is 8.42 Å². The molecule has 24 heavy (non-hydrogen) atoms. The maximum atomic E-state index is 12.7. The summed E-state index contributed by atoms with van der Waals surface area (Å²) in [6, 6.07) is 8.64. The van der Waals surface area contributed by atoms with Crippen LogP contribution in [0, 0.1) is 0 Å². The maximum Gasteiger partial charge on any atom is 0.341 e. The van der Waals surface area contributed by atoms with Crippen LogP contribution in [0.25, 0.3) is 0 Å². The van der Waals surface area contributed by atoms with Crippen LogP contribution in [0.4, 0.5) is 8.78 Å². The van der Waals surface area contributed by atoms with E-state index in [9.17, 15) is 22.0 Å². The standard InChI is InChI=1S/C16H15F2NO3S2/c17-16(18)24(21,22)12-7-5-11(6-8-12)15(20)19-9-1-3-13(19)14-4-2-10-23-14/h2,4-8,10,13,16H,1,3,9H2/t13-/m1/s1. The molecule has 0 radical (unpaired) electrons. The van der Waals surface area contributed by atoms with E-state index in [0.29, 0.717) is 12.1 Å². The van der Waals surface area contributed by atoms with Crippen LogP contribution < -0.4 is 0 Å². The molecule has 1 atom stereocenters. The lowest BCUT2D eigenvalue weighted by atomic mass is 10.1. The van der Waals surface area contributed by atoms with Gasteiger partial charge in [0.2, 0.25) is 9.84 Å². The molecule has 1 aromatic carbocycles. The van der Waals surface area contributed by atoms with E-state index in [2.05, 4.69) is 0 Å². The molecule has 0 N–H and O–H groups in total. The number of sulfone groups is 1. The highest BCUT2D eigenvalue weighted by Crippen LogP contribution is 2.35. The first-order valence-electron chi connectivity index (χ1n) is 7.38. The predicted molar refractivity (Wildman–Crippen MR) is 87.0 cm³/mol. The first kappa shape index (κ1) is 17.0. The first-order chi connectivity index (χ1) is 11.4. The summed E-state index contributed by atoms with van der Waals surface area (Å²) in [6.45, 7) is 0.623. The molecule has 0 unspecified atom stereocenters. The van der Waals surface area contributed by atoms with Crippen LogP contribution in [0.3, 0.4) is 0 Å². The summed E-state index contributed by atoms with van der Waals surface area (Å²) in [7, 11) is -4.64. The Morgan fingerprint density at radius 1 is 1.21 bits per heavy atom. The minimum Gasteiger partial charge on any atom is -0.331 e. The monoisotopic (exact) mass is 371 g/mol. The topological polar surface area (TPSA) is 54.5 Å². The molecule has 1 saturated heterocycles. The third-order valence-corrected chi connectivity index (χ3v) is 6.42. The van der Waals surface area contributed by atoms with Gasteiger partial charge in [-0.05, 0) is 48.6 Å². The zero-order valence-corrected chi connectivity index (χ0v) is 14.2. The van der Waals surface area contributed by atoms with Gasteiger partial charge in [0.15, 0.2) is 0 Å². The minimum atomic E-state index is -4.64. The van der Waals surface area contributed by atoms with Gasteiger partial charge in [-0.3, -0.25) is 4.79 Å². The number of thiophene rings is 1. The summed E-state index contributed by atoms with van der Waals surface area (Å²) in [5.41, 5.74) is 0.298. The van der Waals surface area contributed by atoms with Crippen LogP contribution in [0.1, 0.15) is 34.1 Å². The number of carbonyl (C=O) groups is 1. The summed E-state index contributed by atoms with van der Waals surface area (Å²) in [4.78, 5) is 15.1. The van der Waals surface area contributed by atoms with Crippen LogP contribution in [0.2, 0.25) is 0 Å². The second-order valence-corrected chi connectivity index (χ2v) is 8.40. The number of hydrogen-bond donors (Lipinski definition) is 0. The van der Waals surface area contributed by atoms with Gasteiger partial charge >= 0.3 is 5.76 Å². The number of alkyl halides is 2. The van der Waals surface area contributed by atoms with Crippen molar-refractivity contribution in [1.29, 1.82) is 0 Å². The molecule has 1 aliphatic heterocycles. The maximum absolute atomic E-state index is 12.7. The van der Waals surface area contributed by atoms with Crippen LogP contribution in [0.5, 0.6) is 0 Å². The molecule has 0 saturated carbocycles.